The van der Waals surface area contributed by atoms with Gasteiger partial charge in [0, 0.05) is 13.2 Å². The molecule has 88 valence electrons. The highest BCUT2D eigenvalue weighted by Crippen LogP contribution is 1.88. The van der Waals surface area contributed by atoms with Gasteiger partial charge in [0.25, 0.3) is 0 Å². The Hall–Kier alpha value is -0.880. The molecule has 0 aliphatic heterocycles. The second kappa shape index (κ2) is 7.42. The van der Waals surface area contributed by atoms with Gasteiger partial charge in [-0.25, -0.2) is 4.79 Å². The molecule has 15 heavy (non-hydrogen) atoms. The van der Waals surface area contributed by atoms with Crippen LogP contribution in [-0.2, 0) is 14.3 Å². The SMILES string of the molecule is COCC(C)NC(=S)NC(C)C(=O)OC. The lowest BCUT2D eigenvalue weighted by Crippen LogP contribution is -2.48. The van der Waals surface area contributed by atoms with Gasteiger partial charge in [0.1, 0.15) is 6.04 Å². The number of methoxy groups -OCH3 is 2. The molecule has 0 saturated heterocycles. The van der Waals surface area contributed by atoms with E-state index in [1.165, 1.54) is 7.11 Å². The Labute approximate surface area is 95.5 Å². The summed E-state index contributed by atoms with van der Waals surface area (Å²) < 4.78 is 9.49. The van der Waals surface area contributed by atoms with Crippen LogP contribution in [0, 0.1) is 0 Å². The molecule has 0 aromatic carbocycles. The maximum Gasteiger partial charge on any atom is 0.328 e. The average molecular weight is 234 g/mol. The van der Waals surface area contributed by atoms with Crippen LogP contribution in [0.2, 0.25) is 0 Å². The molecule has 0 radical (unpaired) electrons. The van der Waals surface area contributed by atoms with Crippen LogP contribution in [0.15, 0.2) is 0 Å². The van der Waals surface area contributed by atoms with E-state index in [4.69, 9.17) is 17.0 Å². The second-order valence-corrected chi connectivity index (χ2v) is 3.63. The van der Waals surface area contributed by atoms with E-state index in [0.29, 0.717) is 11.7 Å². The molecule has 0 amide bonds. The summed E-state index contributed by atoms with van der Waals surface area (Å²) in [6.45, 7) is 4.16. The molecular weight excluding hydrogens is 216 g/mol. The first-order chi connectivity index (χ1) is 7.01. The summed E-state index contributed by atoms with van der Waals surface area (Å²) in [4.78, 5) is 11.1. The summed E-state index contributed by atoms with van der Waals surface area (Å²) in [5.74, 6) is -0.349. The number of thiocarbonyl (C=S) groups is 1. The van der Waals surface area contributed by atoms with E-state index in [0.717, 1.165) is 0 Å². The first-order valence-corrected chi connectivity index (χ1v) is 5.05. The molecule has 0 rings (SSSR count). The van der Waals surface area contributed by atoms with Crippen molar-refractivity contribution in [1.82, 2.24) is 10.6 Å². The van der Waals surface area contributed by atoms with Crippen LogP contribution in [0.3, 0.4) is 0 Å². The summed E-state index contributed by atoms with van der Waals surface area (Å²) in [5, 5.41) is 6.20. The molecule has 0 aromatic rings. The maximum atomic E-state index is 11.1. The van der Waals surface area contributed by atoms with Crippen LogP contribution in [0.4, 0.5) is 0 Å². The van der Waals surface area contributed by atoms with Gasteiger partial charge in [-0.05, 0) is 26.1 Å². The van der Waals surface area contributed by atoms with Gasteiger partial charge in [-0.1, -0.05) is 0 Å². The van der Waals surface area contributed by atoms with Gasteiger partial charge < -0.3 is 20.1 Å². The molecule has 6 heteroatoms. The Kier molecular flexibility index (Phi) is 6.98. The van der Waals surface area contributed by atoms with Crippen molar-refractivity contribution in [3.05, 3.63) is 0 Å². The Bertz CT molecular complexity index is 223. The molecule has 0 aliphatic rings. The number of carbonyl (C=O) groups excluding carboxylic acids is 1. The van der Waals surface area contributed by atoms with Crippen LogP contribution in [0.1, 0.15) is 13.8 Å². The van der Waals surface area contributed by atoms with Gasteiger partial charge in [0.15, 0.2) is 5.11 Å². The van der Waals surface area contributed by atoms with E-state index < -0.39 is 6.04 Å². The van der Waals surface area contributed by atoms with Gasteiger partial charge in [0.05, 0.1) is 13.7 Å². The largest absolute Gasteiger partial charge is 0.467 e. The van der Waals surface area contributed by atoms with Gasteiger partial charge >= 0.3 is 5.97 Å². The van der Waals surface area contributed by atoms with Crippen LogP contribution in [0.25, 0.3) is 0 Å². The summed E-state index contributed by atoms with van der Waals surface area (Å²) in [5.41, 5.74) is 0. The first kappa shape index (κ1) is 14.1. The topological polar surface area (TPSA) is 59.6 Å². The minimum Gasteiger partial charge on any atom is -0.467 e. The van der Waals surface area contributed by atoms with Crippen molar-refractivity contribution in [3.8, 4) is 0 Å². The maximum absolute atomic E-state index is 11.1. The van der Waals surface area contributed by atoms with Crippen molar-refractivity contribution >= 4 is 23.3 Å². The number of hydrogen-bond acceptors (Lipinski definition) is 4. The molecule has 0 fully saturated rings. The zero-order valence-corrected chi connectivity index (χ0v) is 10.3. The normalized spacial score (nSPS) is 13.9. The Balaban J connectivity index is 3.87. The predicted molar refractivity (Wildman–Crippen MR) is 61.7 cm³/mol. The molecular formula is C9H18N2O3S. The second-order valence-electron chi connectivity index (χ2n) is 3.22. The Morgan fingerprint density at radius 2 is 1.93 bits per heavy atom. The number of nitrogens with one attached hydrogen (secondary N) is 2. The van der Waals surface area contributed by atoms with Gasteiger partial charge in [0.2, 0.25) is 0 Å². The highest BCUT2D eigenvalue weighted by atomic mass is 32.1. The molecule has 0 aromatic heterocycles. The fourth-order valence-electron chi connectivity index (χ4n) is 0.989. The predicted octanol–water partition coefficient (Wildman–Crippen LogP) is 0.0469. The number of hydrogen-bond donors (Lipinski definition) is 2. The van der Waals surface area contributed by atoms with Crippen molar-refractivity contribution in [1.29, 1.82) is 0 Å². The fraction of sp³-hybridized carbons (Fsp3) is 0.778. The van der Waals surface area contributed by atoms with E-state index in [1.54, 1.807) is 14.0 Å². The molecule has 2 unspecified atom stereocenters. The van der Waals surface area contributed by atoms with Crippen molar-refractivity contribution in [2.45, 2.75) is 25.9 Å². The third-order valence-corrected chi connectivity index (χ3v) is 1.93. The molecule has 0 aliphatic carbocycles. The smallest absolute Gasteiger partial charge is 0.328 e. The minimum absolute atomic E-state index is 0.0971. The molecule has 5 nitrogen and oxygen atoms in total. The third kappa shape index (κ3) is 6.24. The van der Waals surface area contributed by atoms with Crippen molar-refractivity contribution < 1.29 is 14.3 Å². The summed E-state index contributed by atoms with van der Waals surface area (Å²) in [7, 11) is 2.95. The van der Waals surface area contributed by atoms with E-state index in [-0.39, 0.29) is 12.0 Å². The van der Waals surface area contributed by atoms with Crippen LogP contribution >= 0.6 is 12.2 Å². The van der Waals surface area contributed by atoms with Gasteiger partial charge in [-0.2, -0.15) is 0 Å². The lowest BCUT2D eigenvalue weighted by Gasteiger charge is -2.18. The monoisotopic (exact) mass is 234 g/mol. The highest BCUT2D eigenvalue weighted by molar-refractivity contribution is 7.80. The minimum atomic E-state index is -0.454. The Morgan fingerprint density at radius 3 is 2.40 bits per heavy atom. The van der Waals surface area contributed by atoms with E-state index in [9.17, 15) is 4.79 Å². The standard InChI is InChI=1S/C9H18N2O3S/c1-6(5-13-3)10-9(15)11-7(2)8(12)14-4/h6-7H,5H2,1-4H3,(H2,10,11,15). The van der Waals surface area contributed by atoms with Crippen LogP contribution < -0.4 is 10.6 Å². The quantitative estimate of drug-likeness (QED) is 0.518. The molecule has 0 spiro atoms. The lowest BCUT2D eigenvalue weighted by atomic mass is 10.3. The molecule has 0 bridgehead atoms. The van der Waals surface area contributed by atoms with Gasteiger partial charge in [-0.15, -0.1) is 0 Å². The van der Waals surface area contributed by atoms with E-state index in [2.05, 4.69) is 15.4 Å². The van der Waals surface area contributed by atoms with Crippen LogP contribution in [0.5, 0.6) is 0 Å². The summed E-state index contributed by atoms with van der Waals surface area (Å²) in [6, 6.07) is -0.357. The summed E-state index contributed by atoms with van der Waals surface area (Å²) in [6.07, 6.45) is 0. The van der Waals surface area contributed by atoms with Crippen LogP contribution in [-0.4, -0.2) is 44.0 Å². The van der Waals surface area contributed by atoms with E-state index in [1.807, 2.05) is 6.92 Å². The number of esters is 1. The van der Waals surface area contributed by atoms with Crippen molar-refractivity contribution in [3.63, 3.8) is 0 Å². The third-order valence-electron chi connectivity index (χ3n) is 1.70. The van der Waals surface area contributed by atoms with Gasteiger partial charge in [-0.3, -0.25) is 0 Å². The highest BCUT2D eigenvalue weighted by Gasteiger charge is 2.14. The Morgan fingerprint density at radius 1 is 1.33 bits per heavy atom. The van der Waals surface area contributed by atoms with Crippen molar-refractivity contribution in [2.75, 3.05) is 20.8 Å². The zero-order chi connectivity index (χ0) is 11.8. The van der Waals surface area contributed by atoms with E-state index >= 15 is 0 Å². The zero-order valence-electron chi connectivity index (χ0n) is 9.49. The summed E-state index contributed by atoms with van der Waals surface area (Å²) >= 11 is 5.00. The fourth-order valence-corrected chi connectivity index (χ4v) is 1.37. The number of carbonyl (C=O) groups is 1. The van der Waals surface area contributed by atoms with Crippen molar-refractivity contribution in [2.24, 2.45) is 0 Å². The lowest BCUT2D eigenvalue weighted by molar-refractivity contribution is -0.142. The molecule has 2 atom stereocenters. The molecule has 0 heterocycles. The first-order valence-electron chi connectivity index (χ1n) is 4.65. The molecule has 0 saturated carbocycles. The number of rotatable bonds is 5. The number of ether oxygens (including phenoxy) is 2. The average Bonchev–Trinajstić information content (AvgIpc) is 2.16. The molecule has 2 N–H and O–H groups in total.